The van der Waals surface area contributed by atoms with Gasteiger partial charge in [0.1, 0.15) is 5.82 Å². The van der Waals surface area contributed by atoms with Crippen LogP contribution in [0, 0.1) is 6.92 Å². The van der Waals surface area contributed by atoms with E-state index in [1.165, 1.54) is 0 Å². The first-order valence-corrected chi connectivity index (χ1v) is 11.4. The number of hydrogen-bond donors (Lipinski definition) is 1. The Kier molecular flexibility index (Phi) is 4.31. The number of carbonyl (C=O) groups is 1. The van der Waals surface area contributed by atoms with E-state index in [0.717, 1.165) is 61.2 Å². The van der Waals surface area contributed by atoms with E-state index in [2.05, 4.69) is 15.1 Å². The van der Waals surface area contributed by atoms with Gasteiger partial charge in [-0.05, 0) is 50.7 Å². The summed E-state index contributed by atoms with van der Waals surface area (Å²) in [5.74, 6) is 2.19. The number of hydrogen-bond acceptors (Lipinski definition) is 6. The lowest BCUT2D eigenvalue weighted by atomic mass is 9.77. The molecular formula is C24H25N5O3. The largest absolute Gasteiger partial charge is 0.339 e. The van der Waals surface area contributed by atoms with Crippen molar-refractivity contribution in [2.75, 3.05) is 13.1 Å². The predicted octanol–water partition coefficient (Wildman–Crippen LogP) is 3.13. The summed E-state index contributed by atoms with van der Waals surface area (Å²) in [6, 6.07) is 7.38. The highest BCUT2D eigenvalue weighted by Crippen LogP contribution is 2.45. The van der Waals surface area contributed by atoms with Crippen LogP contribution in [0.1, 0.15) is 71.4 Å². The highest BCUT2D eigenvalue weighted by molar-refractivity contribution is 5.95. The van der Waals surface area contributed by atoms with Crippen molar-refractivity contribution in [1.82, 2.24) is 25.0 Å². The zero-order chi connectivity index (χ0) is 21.9. The Bertz CT molecular complexity index is 1270. The lowest BCUT2D eigenvalue weighted by Crippen LogP contribution is -2.48. The first kappa shape index (κ1) is 19.4. The summed E-state index contributed by atoms with van der Waals surface area (Å²) in [6.45, 7) is 3.05. The summed E-state index contributed by atoms with van der Waals surface area (Å²) < 4.78 is 5.08. The van der Waals surface area contributed by atoms with Crippen LogP contribution in [0.25, 0.3) is 11.4 Å². The van der Waals surface area contributed by atoms with Crippen molar-refractivity contribution in [3.8, 4) is 11.4 Å². The third-order valence-corrected chi connectivity index (χ3v) is 7.11. The van der Waals surface area contributed by atoms with Gasteiger partial charge in [0.15, 0.2) is 0 Å². The average Bonchev–Trinajstić information content (AvgIpc) is 3.49. The van der Waals surface area contributed by atoms with E-state index in [1.54, 1.807) is 6.92 Å². The van der Waals surface area contributed by atoms with Crippen molar-refractivity contribution in [1.29, 1.82) is 0 Å². The molecule has 1 aromatic carbocycles. The van der Waals surface area contributed by atoms with Crippen LogP contribution in [0.15, 0.2) is 33.6 Å². The molecule has 6 rings (SSSR count). The minimum atomic E-state index is -0.219. The van der Waals surface area contributed by atoms with E-state index >= 15 is 0 Å². The molecule has 164 valence electrons. The Morgan fingerprint density at radius 3 is 2.91 bits per heavy atom. The van der Waals surface area contributed by atoms with Gasteiger partial charge >= 0.3 is 0 Å². The molecule has 1 aliphatic heterocycles. The van der Waals surface area contributed by atoms with Gasteiger partial charge in [0.05, 0.1) is 5.69 Å². The van der Waals surface area contributed by atoms with Gasteiger partial charge in [-0.2, -0.15) is 4.98 Å². The quantitative estimate of drug-likeness (QED) is 0.683. The molecule has 1 unspecified atom stereocenters. The van der Waals surface area contributed by atoms with Crippen LogP contribution in [0.4, 0.5) is 0 Å². The molecule has 3 aromatic rings. The number of rotatable bonds is 3. The molecule has 1 N–H and O–H groups in total. The van der Waals surface area contributed by atoms with Gasteiger partial charge in [0, 0.05) is 48.0 Å². The van der Waals surface area contributed by atoms with Crippen LogP contribution in [-0.2, 0) is 11.8 Å². The fraction of sp³-hybridized carbons (Fsp3) is 0.458. The topological polar surface area (TPSA) is 105 Å². The maximum absolute atomic E-state index is 13.5. The Labute approximate surface area is 185 Å². The first-order chi connectivity index (χ1) is 15.5. The molecule has 1 spiro atoms. The van der Waals surface area contributed by atoms with E-state index < -0.39 is 0 Å². The van der Waals surface area contributed by atoms with E-state index in [-0.39, 0.29) is 16.9 Å². The molecular weight excluding hydrogens is 406 g/mol. The number of likely N-dealkylation sites (tertiary alicyclic amines) is 1. The number of carbonyl (C=O) groups excluding carboxylic acids is 1. The Hall–Kier alpha value is -3.29. The number of nitrogens with zero attached hydrogens (tertiary/aromatic N) is 4. The molecule has 1 atom stereocenters. The molecule has 2 aromatic heterocycles. The third kappa shape index (κ3) is 3.16. The number of benzene rings is 1. The summed E-state index contributed by atoms with van der Waals surface area (Å²) in [7, 11) is 0. The van der Waals surface area contributed by atoms with Crippen LogP contribution in [0.3, 0.4) is 0 Å². The second-order valence-electron chi connectivity index (χ2n) is 9.38. The molecule has 3 heterocycles. The lowest BCUT2D eigenvalue weighted by molar-refractivity contribution is 0.0633. The average molecular weight is 431 g/mol. The van der Waals surface area contributed by atoms with Gasteiger partial charge in [-0.15, -0.1) is 0 Å². The second kappa shape index (κ2) is 7.12. The minimum Gasteiger partial charge on any atom is -0.339 e. The van der Waals surface area contributed by atoms with Crippen molar-refractivity contribution in [3.63, 3.8) is 0 Å². The molecule has 1 amide bonds. The fourth-order valence-electron chi connectivity index (χ4n) is 5.31. The van der Waals surface area contributed by atoms with Gasteiger partial charge in [-0.25, -0.2) is 4.98 Å². The van der Waals surface area contributed by atoms with E-state index in [9.17, 15) is 9.59 Å². The van der Waals surface area contributed by atoms with Crippen molar-refractivity contribution >= 4 is 5.91 Å². The number of aromatic nitrogens is 4. The van der Waals surface area contributed by atoms with Crippen LogP contribution in [0.5, 0.6) is 0 Å². The molecule has 2 fully saturated rings. The molecule has 0 radical (unpaired) electrons. The number of aryl methyl sites for hydroxylation is 1. The normalized spacial score (nSPS) is 22.3. The van der Waals surface area contributed by atoms with Crippen molar-refractivity contribution in [3.05, 3.63) is 63.2 Å². The van der Waals surface area contributed by atoms with Crippen LogP contribution >= 0.6 is 0 Å². The van der Waals surface area contributed by atoms with Gasteiger partial charge in [0.2, 0.25) is 11.7 Å². The Balaban J connectivity index is 1.30. The van der Waals surface area contributed by atoms with Crippen LogP contribution in [-0.4, -0.2) is 44.0 Å². The SMILES string of the molecule is Cc1nc(-c2cccc(C(=O)N3CCCC4(CCc5c4nc(C4CC4)[nH]c5=O)C3)c2)no1. The number of H-pyrrole nitrogens is 1. The molecule has 1 saturated heterocycles. The maximum Gasteiger partial charge on any atom is 0.254 e. The number of nitrogens with one attached hydrogen (secondary N) is 1. The first-order valence-electron chi connectivity index (χ1n) is 11.4. The third-order valence-electron chi connectivity index (χ3n) is 7.11. The van der Waals surface area contributed by atoms with E-state index in [1.807, 2.05) is 29.2 Å². The van der Waals surface area contributed by atoms with Crippen molar-refractivity contribution in [2.24, 2.45) is 0 Å². The molecule has 2 aliphatic carbocycles. The summed E-state index contributed by atoms with van der Waals surface area (Å²) >= 11 is 0. The van der Waals surface area contributed by atoms with Gasteiger partial charge in [0.25, 0.3) is 11.5 Å². The van der Waals surface area contributed by atoms with Crippen LogP contribution < -0.4 is 5.56 Å². The minimum absolute atomic E-state index is 0.00755. The smallest absolute Gasteiger partial charge is 0.254 e. The number of aromatic amines is 1. The van der Waals surface area contributed by atoms with E-state index in [0.29, 0.717) is 36.3 Å². The molecule has 32 heavy (non-hydrogen) atoms. The number of fused-ring (bicyclic) bond motifs is 2. The lowest BCUT2D eigenvalue weighted by Gasteiger charge is -2.40. The molecule has 1 saturated carbocycles. The number of amides is 1. The van der Waals surface area contributed by atoms with Crippen molar-refractivity contribution < 1.29 is 9.32 Å². The summed E-state index contributed by atoms with van der Waals surface area (Å²) in [5.41, 5.74) is 2.92. The highest BCUT2D eigenvalue weighted by atomic mass is 16.5. The van der Waals surface area contributed by atoms with Gasteiger partial charge < -0.3 is 14.4 Å². The molecule has 3 aliphatic rings. The van der Waals surface area contributed by atoms with E-state index in [4.69, 9.17) is 9.51 Å². The summed E-state index contributed by atoms with van der Waals surface area (Å²) in [5, 5.41) is 3.97. The standard InChI is InChI=1S/C24H25N5O3/c1-14-25-21(28-32-14)16-4-2-5-17(12-16)23(31)29-11-3-9-24(13-29)10-8-18-19(24)26-20(15-6-7-15)27-22(18)30/h2,4-5,12,15H,3,6-11,13H2,1H3,(H,26,27,30). The second-order valence-corrected chi connectivity index (χ2v) is 9.38. The molecule has 8 nitrogen and oxygen atoms in total. The Morgan fingerprint density at radius 2 is 2.12 bits per heavy atom. The highest BCUT2D eigenvalue weighted by Gasteiger charge is 2.46. The van der Waals surface area contributed by atoms with Gasteiger partial charge in [-0.3, -0.25) is 9.59 Å². The number of piperidine rings is 1. The molecule has 0 bridgehead atoms. The van der Waals surface area contributed by atoms with Crippen molar-refractivity contribution in [2.45, 2.75) is 56.8 Å². The monoisotopic (exact) mass is 431 g/mol. The molecule has 8 heteroatoms. The summed E-state index contributed by atoms with van der Waals surface area (Å²) in [6.07, 6.45) is 5.66. The Morgan fingerprint density at radius 1 is 1.25 bits per heavy atom. The summed E-state index contributed by atoms with van der Waals surface area (Å²) in [4.78, 5) is 40.3. The van der Waals surface area contributed by atoms with Crippen LogP contribution in [0.2, 0.25) is 0 Å². The fourth-order valence-corrected chi connectivity index (χ4v) is 5.31. The van der Waals surface area contributed by atoms with Gasteiger partial charge in [-0.1, -0.05) is 17.3 Å². The zero-order valence-electron chi connectivity index (χ0n) is 18.1. The zero-order valence-corrected chi connectivity index (χ0v) is 18.1. The predicted molar refractivity (Wildman–Crippen MR) is 116 cm³/mol. The maximum atomic E-state index is 13.5.